The highest BCUT2D eigenvalue weighted by molar-refractivity contribution is 7.26. The Balaban J connectivity index is 1.85. The molecule has 0 aliphatic heterocycles. The highest BCUT2D eigenvalue weighted by atomic mass is 35.5. The van der Waals surface area contributed by atoms with Crippen LogP contribution >= 0.6 is 22.9 Å². The number of thiophene rings is 1. The lowest BCUT2D eigenvalue weighted by Crippen LogP contribution is -1.77. The van der Waals surface area contributed by atoms with E-state index in [1.54, 1.807) is 17.4 Å². The average Bonchev–Trinajstić information content (AvgIpc) is 3.11. The van der Waals surface area contributed by atoms with Gasteiger partial charge in [0.15, 0.2) is 0 Å². The summed E-state index contributed by atoms with van der Waals surface area (Å²) < 4.78 is 42.2. The molecule has 2 heteroatoms. The second-order valence-electron chi connectivity index (χ2n) is 5.60. The minimum absolute atomic E-state index is 0.194. The van der Waals surface area contributed by atoms with Crippen LogP contribution in [0.1, 0.15) is 6.85 Å². The molecule has 4 aromatic carbocycles. The van der Waals surface area contributed by atoms with E-state index in [1.807, 2.05) is 36.4 Å². The van der Waals surface area contributed by atoms with Crippen molar-refractivity contribution in [2.45, 2.75) is 0 Å². The molecule has 0 amide bonds. The van der Waals surface area contributed by atoms with Crippen LogP contribution in [-0.4, -0.2) is 0 Å². The third kappa shape index (κ3) is 2.06. The van der Waals surface area contributed by atoms with Gasteiger partial charge in [-0.25, -0.2) is 0 Å². The summed E-state index contributed by atoms with van der Waals surface area (Å²) >= 11 is 8.20. The summed E-state index contributed by atoms with van der Waals surface area (Å²) in [6, 6.07) is 14.2. The standard InChI is InChI=1S/C22H13ClS/c23-19-12-16-8-4-5-9-17(16)22-21(19)18-11-10-15(13-20(18)24-22)14-6-2-1-3-7-14/h1-13H/i1D,2D,3D,6D,7D. The molecule has 0 spiro atoms. The molecule has 5 rings (SSSR count). The predicted molar refractivity (Wildman–Crippen MR) is 107 cm³/mol. The van der Waals surface area contributed by atoms with E-state index in [2.05, 4.69) is 6.07 Å². The van der Waals surface area contributed by atoms with Crippen molar-refractivity contribution in [3.8, 4) is 11.1 Å². The summed E-state index contributed by atoms with van der Waals surface area (Å²) in [5.74, 6) is 0. The fourth-order valence-corrected chi connectivity index (χ4v) is 4.79. The highest BCUT2D eigenvalue weighted by Gasteiger charge is 2.12. The van der Waals surface area contributed by atoms with Crippen LogP contribution in [0.5, 0.6) is 0 Å². The van der Waals surface area contributed by atoms with E-state index in [1.165, 1.54) is 0 Å². The minimum atomic E-state index is -0.384. The van der Waals surface area contributed by atoms with Crippen LogP contribution in [0.3, 0.4) is 0 Å². The summed E-state index contributed by atoms with van der Waals surface area (Å²) in [5, 5.41) is 4.86. The van der Waals surface area contributed by atoms with Gasteiger partial charge in [-0.2, -0.15) is 0 Å². The fraction of sp³-hybridized carbons (Fsp3) is 0. The first-order valence-corrected chi connectivity index (χ1v) is 8.68. The average molecular weight is 350 g/mol. The maximum absolute atomic E-state index is 8.24. The molecule has 0 aliphatic carbocycles. The molecule has 1 heterocycles. The van der Waals surface area contributed by atoms with Gasteiger partial charge in [-0.15, -0.1) is 11.3 Å². The van der Waals surface area contributed by atoms with Crippen LogP contribution in [0.15, 0.2) is 78.7 Å². The highest BCUT2D eigenvalue weighted by Crippen LogP contribution is 2.43. The molecule has 0 saturated carbocycles. The SMILES string of the molecule is [2H]c1c([2H])c([2H])c(-c2ccc3c(c2)sc2c4ccccc4cc(Cl)c32)c([2H])c1[2H]. The zero-order chi connectivity index (χ0) is 20.4. The summed E-state index contributed by atoms with van der Waals surface area (Å²) in [4.78, 5) is 0. The molecule has 0 fully saturated rings. The molecule has 0 nitrogen and oxygen atoms in total. The van der Waals surface area contributed by atoms with Gasteiger partial charge in [0.05, 0.1) is 11.9 Å². The third-order valence-electron chi connectivity index (χ3n) is 4.21. The van der Waals surface area contributed by atoms with Crippen LogP contribution in [0.2, 0.25) is 5.02 Å². The van der Waals surface area contributed by atoms with Gasteiger partial charge in [-0.05, 0) is 34.0 Å². The number of benzene rings is 4. The number of hydrogen-bond donors (Lipinski definition) is 0. The van der Waals surface area contributed by atoms with Crippen molar-refractivity contribution in [3.63, 3.8) is 0 Å². The van der Waals surface area contributed by atoms with E-state index in [9.17, 15) is 0 Å². The summed E-state index contributed by atoms with van der Waals surface area (Å²) in [6.07, 6.45) is 0. The minimum Gasteiger partial charge on any atom is -0.134 e. The van der Waals surface area contributed by atoms with Crippen LogP contribution in [0, 0.1) is 0 Å². The van der Waals surface area contributed by atoms with Gasteiger partial charge in [0.1, 0.15) is 0 Å². The first-order valence-electron chi connectivity index (χ1n) is 9.99. The topological polar surface area (TPSA) is 0 Å². The lowest BCUT2D eigenvalue weighted by atomic mass is 10.0. The first-order chi connectivity index (χ1) is 13.9. The van der Waals surface area contributed by atoms with Crippen LogP contribution in [0.25, 0.3) is 42.1 Å². The number of rotatable bonds is 1. The lowest BCUT2D eigenvalue weighted by molar-refractivity contribution is 1.66. The Kier molecular flexibility index (Phi) is 2.19. The normalized spacial score (nSPS) is 14.5. The van der Waals surface area contributed by atoms with Crippen molar-refractivity contribution in [1.29, 1.82) is 0 Å². The Morgan fingerprint density at radius 2 is 1.67 bits per heavy atom. The van der Waals surface area contributed by atoms with Crippen molar-refractivity contribution in [2.75, 3.05) is 0 Å². The zero-order valence-electron chi connectivity index (χ0n) is 17.4. The molecule has 5 aromatic rings. The Morgan fingerprint density at radius 3 is 2.54 bits per heavy atom. The number of fused-ring (bicyclic) bond motifs is 5. The van der Waals surface area contributed by atoms with E-state index in [0.717, 1.165) is 30.9 Å². The van der Waals surface area contributed by atoms with Crippen molar-refractivity contribution in [1.82, 2.24) is 0 Å². The summed E-state index contributed by atoms with van der Waals surface area (Å²) in [7, 11) is 0. The van der Waals surface area contributed by atoms with Gasteiger partial charge < -0.3 is 0 Å². The van der Waals surface area contributed by atoms with Gasteiger partial charge in [-0.3, -0.25) is 0 Å². The van der Waals surface area contributed by atoms with Crippen molar-refractivity contribution >= 4 is 53.9 Å². The van der Waals surface area contributed by atoms with Gasteiger partial charge in [-0.1, -0.05) is 78.2 Å². The van der Waals surface area contributed by atoms with E-state index >= 15 is 0 Å². The number of halogens is 1. The molecular formula is C22H13ClS. The van der Waals surface area contributed by atoms with Crippen LogP contribution in [-0.2, 0) is 0 Å². The molecule has 0 aliphatic rings. The second kappa shape index (κ2) is 5.34. The maximum atomic E-state index is 8.24. The zero-order valence-corrected chi connectivity index (χ0v) is 14.0. The Bertz CT molecular complexity index is 1440. The quantitative estimate of drug-likeness (QED) is 0.293. The second-order valence-corrected chi connectivity index (χ2v) is 7.06. The Morgan fingerprint density at radius 1 is 0.833 bits per heavy atom. The van der Waals surface area contributed by atoms with Crippen molar-refractivity contribution in [2.24, 2.45) is 0 Å². The summed E-state index contributed by atoms with van der Waals surface area (Å²) in [5.41, 5.74) is 0.813. The van der Waals surface area contributed by atoms with Gasteiger partial charge in [0.2, 0.25) is 0 Å². The molecule has 24 heavy (non-hydrogen) atoms. The molecule has 0 N–H and O–H groups in total. The molecular weight excluding hydrogens is 332 g/mol. The van der Waals surface area contributed by atoms with E-state index in [0.29, 0.717) is 10.6 Å². The van der Waals surface area contributed by atoms with Gasteiger partial charge in [0, 0.05) is 20.2 Å². The van der Waals surface area contributed by atoms with Gasteiger partial charge in [0.25, 0.3) is 0 Å². The monoisotopic (exact) mass is 349 g/mol. The molecule has 114 valence electrons. The van der Waals surface area contributed by atoms with E-state index < -0.39 is 0 Å². The predicted octanol–water partition coefficient (Wildman–Crippen LogP) is 7.53. The largest absolute Gasteiger partial charge is 0.134 e. The third-order valence-corrected chi connectivity index (χ3v) is 5.69. The molecule has 1 aromatic heterocycles. The fourth-order valence-electron chi connectivity index (χ4n) is 3.11. The Labute approximate surface area is 156 Å². The van der Waals surface area contributed by atoms with Crippen molar-refractivity contribution in [3.05, 3.63) is 83.8 Å². The maximum Gasteiger partial charge on any atom is 0.0629 e. The lowest BCUT2D eigenvalue weighted by Gasteiger charge is -2.03. The molecule has 0 saturated heterocycles. The van der Waals surface area contributed by atoms with Crippen LogP contribution in [0.4, 0.5) is 0 Å². The molecule has 0 bridgehead atoms. The van der Waals surface area contributed by atoms with E-state index in [-0.39, 0.29) is 35.8 Å². The smallest absolute Gasteiger partial charge is 0.0629 e. The summed E-state index contributed by atoms with van der Waals surface area (Å²) in [6.45, 7) is 0. The molecule has 0 unspecified atom stereocenters. The van der Waals surface area contributed by atoms with E-state index in [4.69, 9.17) is 18.5 Å². The Hall–Kier alpha value is -2.35. The number of hydrogen-bond acceptors (Lipinski definition) is 1. The molecule has 0 radical (unpaired) electrons. The molecule has 0 atom stereocenters. The first kappa shape index (κ1) is 9.83. The van der Waals surface area contributed by atoms with Crippen LogP contribution < -0.4 is 0 Å². The van der Waals surface area contributed by atoms with Gasteiger partial charge >= 0.3 is 0 Å². The van der Waals surface area contributed by atoms with Crippen molar-refractivity contribution < 1.29 is 6.85 Å².